The van der Waals surface area contributed by atoms with Crippen molar-refractivity contribution in [3.05, 3.63) is 29.8 Å². The molecule has 0 saturated heterocycles. The number of methoxy groups -OCH3 is 1. The molecule has 1 unspecified atom stereocenters. The Labute approximate surface area is 113 Å². The van der Waals surface area contributed by atoms with E-state index in [0.29, 0.717) is 0 Å². The van der Waals surface area contributed by atoms with Crippen molar-refractivity contribution in [1.82, 2.24) is 24.9 Å². The van der Waals surface area contributed by atoms with E-state index in [0.717, 1.165) is 30.1 Å². The van der Waals surface area contributed by atoms with Crippen LogP contribution in [0.3, 0.4) is 0 Å². The van der Waals surface area contributed by atoms with E-state index in [2.05, 4.69) is 22.4 Å². The molecule has 0 aliphatic rings. The molecule has 2 aromatic rings. The van der Waals surface area contributed by atoms with E-state index in [9.17, 15) is 0 Å². The average molecular weight is 263 g/mol. The van der Waals surface area contributed by atoms with Crippen LogP contribution in [0.15, 0.2) is 18.5 Å². The fourth-order valence-electron chi connectivity index (χ4n) is 2.13. The number of hydrogen-bond donors (Lipinski definition) is 1. The number of nitrogens with zero attached hydrogens (tertiary/aromatic N) is 4. The summed E-state index contributed by atoms with van der Waals surface area (Å²) in [4.78, 5) is 0. The Morgan fingerprint density at radius 2 is 2.21 bits per heavy atom. The molecule has 1 atom stereocenters. The van der Waals surface area contributed by atoms with Crippen LogP contribution in [0.1, 0.15) is 30.8 Å². The molecule has 0 aliphatic carbocycles. The highest BCUT2D eigenvalue weighted by Gasteiger charge is 2.23. The van der Waals surface area contributed by atoms with Gasteiger partial charge in [0, 0.05) is 20.3 Å². The Morgan fingerprint density at radius 3 is 2.79 bits per heavy atom. The minimum absolute atomic E-state index is 0.0106. The summed E-state index contributed by atoms with van der Waals surface area (Å²) in [6, 6.07) is 2.00. The van der Waals surface area contributed by atoms with Crippen LogP contribution in [0.4, 0.5) is 0 Å². The molecule has 0 radical (unpaired) electrons. The van der Waals surface area contributed by atoms with Gasteiger partial charge in [0.1, 0.15) is 5.69 Å². The van der Waals surface area contributed by atoms with Gasteiger partial charge in [-0.25, -0.2) is 0 Å². The van der Waals surface area contributed by atoms with Crippen molar-refractivity contribution >= 4 is 0 Å². The Kier molecular flexibility index (Phi) is 4.21. The second kappa shape index (κ2) is 5.88. The lowest BCUT2D eigenvalue weighted by Crippen LogP contribution is -2.26. The van der Waals surface area contributed by atoms with Gasteiger partial charge in [-0.3, -0.25) is 9.36 Å². The number of nitrogens with one attached hydrogen (secondary N) is 1. The first kappa shape index (κ1) is 13.6. The summed E-state index contributed by atoms with van der Waals surface area (Å²) in [5, 5.41) is 12.3. The smallest absolute Gasteiger partial charge is 0.161 e. The zero-order chi connectivity index (χ0) is 13.8. The first-order chi connectivity index (χ1) is 9.17. The van der Waals surface area contributed by atoms with Gasteiger partial charge in [-0.05, 0) is 19.0 Å². The lowest BCUT2D eigenvalue weighted by molar-refractivity contribution is 0.399. The van der Waals surface area contributed by atoms with Crippen LogP contribution in [-0.2, 0) is 14.1 Å². The van der Waals surface area contributed by atoms with Crippen molar-refractivity contribution < 1.29 is 4.74 Å². The minimum Gasteiger partial charge on any atom is -0.493 e. The van der Waals surface area contributed by atoms with E-state index in [1.807, 2.05) is 31.0 Å². The molecule has 0 amide bonds. The Hall–Kier alpha value is -1.82. The van der Waals surface area contributed by atoms with E-state index in [1.54, 1.807) is 18.0 Å². The molecule has 19 heavy (non-hydrogen) atoms. The van der Waals surface area contributed by atoms with Crippen LogP contribution in [0.25, 0.3) is 0 Å². The van der Waals surface area contributed by atoms with Gasteiger partial charge in [0.25, 0.3) is 0 Å². The SMILES string of the molecule is CCCNC(c1ccn(C)n1)c1c(OC)cnn1C. The number of aryl methyl sites for hydroxylation is 2. The van der Waals surface area contributed by atoms with Gasteiger partial charge in [-0.2, -0.15) is 10.2 Å². The Balaban J connectivity index is 2.39. The van der Waals surface area contributed by atoms with Crippen molar-refractivity contribution in [2.75, 3.05) is 13.7 Å². The molecule has 0 saturated carbocycles. The third kappa shape index (κ3) is 2.78. The van der Waals surface area contributed by atoms with Gasteiger partial charge in [0.2, 0.25) is 0 Å². The molecule has 0 aromatic carbocycles. The fraction of sp³-hybridized carbons (Fsp3) is 0.538. The molecule has 6 nitrogen and oxygen atoms in total. The predicted octanol–water partition coefficient (Wildman–Crippen LogP) is 1.25. The standard InChI is InChI=1S/C13H21N5O/c1-5-7-14-12(10-6-8-17(2)16-10)13-11(19-4)9-15-18(13)3/h6,8-9,12,14H,5,7H2,1-4H3. The molecule has 0 aliphatic heterocycles. The fourth-order valence-corrected chi connectivity index (χ4v) is 2.13. The third-order valence-electron chi connectivity index (χ3n) is 3.07. The quantitative estimate of drug-likeness (QED) is 0.852. The third-order valence-corrected chi connectivity index (χ3v) is 3.07. The minimum atomic E-state index is -0.0106. The maximum Gasteiger partial charge on any atom is 0.161 e. The summed E-state index contributed by atoms with van der Waals surface area (Å²) in [5.41, 5.74) is 1.97. The van der Waals surface area contributed by atoms with Crippen molar-refractivity contribution in [2.24, 2.45) is 14.1 Å². The summed E-state index contributed by atoms with van der Waals surface area (Å²) in [7, 11) is 5.50. The number of rotatable bonds is 6. The van der Waals surface area contributed by atoms with Crippen molar-refractivity contribution in [2.45, 2.75) is 19.4 Å². The molecule has 0 bridgehead atoms. The lowest BCUT2D eigenvalue weighted by Gasteiger charge is -2.18. The molecule has 2 heterocycles. The van der Waals surface area contributed by atoms with Crippen LogP contribution >= 0.6 is 0 Å². The second-order valence-electron chi connectivity index (χ2n) is 4.52. The second-order valence-corrected chi connectivity index (χ2v) is 4.52. The lowest BCUT2D eigenvalue weighted by atomic mass is 10.1. The van der Waals surface area contributed by atoms with Crippen LogP contribution in [0.5, 0.6) is 5.75 Å². The van der Waals surface area contributed by atoms with E-state index in [4.69, 9.17) is 4.74 Å². The summed E-state index contributed by atoms with van der Waals surface area (Å²) in [5.74, 6) is 0.779. The molecule has 2 aromatic heterocycles. The van der Waals surface area contributed by atoms with Gasteiger partial charge < -0.3 is 10.1 Å². The average Bonchev–Trinajstić information content (AvgIpc) is 2.98. The van der Waals surface area contributed by atoms with Crippen LogP contribution in [0.2, 0.25) is 0 Å². The maximum atomic E-state index is 5.40. The highest BCUT2D eigenvalue weighted by molar-refractivity contribution is 5.33. The summed E-state index contributed by atoms with van der Waals surface area (Å²) in [6.45, 7) is 3.05. The first-order valence-electron chi connectivity index (χ1n) is 6.46. The van der Waals surface area contributed by atoms with E-state index in [-0.39, 0.29) is 6.04 Å². The summed E-state index contributed by atoms with van der Waals surface area (Å²) < 4.78 is 9.04. The van der Waals surface area contributed by atoms with Gasteiger partial charge in [-0.15, -0.1) is 0 Å². The number of hydrogen-bond acceptors (Lipinski definition) is 4. The number of aromatic nitrogens is 4. The van der Waals surface area contributed by atoms with E-state index < -0.39 is 0 Å². The summed E-state index contributed by atoms with van der Waals surface area (Å²) in [6.07, 6.45) is 4.74. The topological polar surface area (TPSA) is 56.9 Å². The highest BCUT2D eigenvalue weighted by atomic mass is 16.5. The maximum absolute atomic E-state index is 5.40. The van der Waals surface area contributed by atoms with E-state index in [1.165, 1.54) is 0 Å². The largest absolute Gasteiger partial charge is 0.493 e. The Morgan fingerprint density at radius 1 is 1.42 bits per heavy atom. The van der Waals surface area contributed by atoms with Crippen LogP contribution in [0, 0.1) is 0 Å². The normalized spacial score (nSPS) is 12.6. The zero-order valence-electron chi connectivity index (χ0n) is 11.9. The van der Waals surface area contributed by atoms with Crippen molar-refractivity contribution in [3.8, 4) is 5.75 Å². The van der Waals surface area contributed by atoms with Gasteiger partial charge in [-0.1, -0.05) is 6.92 Å². The molecule has 0 spiro atoms. The molecule has 1 N–H and O–H groups in total. The first-order valence-corrected chi connectivity index (χ1v) is 6.46. The molecule has 6 heteroatoms. The highest BCUT2D eigenvalue weighted by Crippen LogP contribution is 2.28. The van der Waals surface area contributed by atoms with E-state index >= 15 is 0 Å². The molecule has 0 fully saturated rings. The molecular weight excluding hydrogens is 242 g/mol. The van der Waals surface area contributed by atoms with Crippen molar-refractivity contribution in [3.63, 3.8) is 0 Å². The monoisotopic (exact) mass is 263 g/mol. The predicted molar refractivity (Wildman–Crippen MR) is 73.1 cm³/mol. The van der Waals surface area contributed by atoms with Crippen LogP contribution < -0.4 is 10.1 Å². The molecule has 2 rings (SSSR count). The number of ether oxygens (including phenoxy) is 1. The van der Waals surface area contributed by atoms with Crippen LogP contribution in [-0.4, -0.2) is 33.2 Å². The van der Waals surface area contributed by atoms with Gasteiger partial charge in [0.15, 0.2) is 5.75 Å². The Bertz CT molecular complexity index is 531. The molecule has 104 valence electrons. The van der Waals surface area contributed by atoms with Gasteiger partial charge in [0.05, 0.1) is 25.0 Å². The van der Waals surface area contributed by atoms with Gasteiger partial charge >= 0.3 is 0 Å². The summed E-state index contributed by atoms with van der Waals surface area (Å²) >= 11 is 0. The molecular formula is C13H21N5O. The van der Waals surface area contributed by atoms with Crippen molar-refractivity contribution in [1.29, 1.82) is 0 Å². The zero-order valence-corrected chi connectivity index (χ0v) is 11.9.